The third kappa shape index (κ3) is 7.06. The Labute approximate surface area is 144 Å². The van der Waals surface area contributed by atoms with E-state index in [-0.39, 0.29) is 18.0 Å². The van der Waals surface area contributed by atoms with Gasteiger partial charge >= 0.3 is 6.09 Å². The van der Waals surface area contributed by atoms with Crippen LogP contribution in [-0.4, -0.2) is 61.7 Å². The number of carbonyl (C=O) groups is 2. The molecule has 1 rings (SSSR count). The molecule has 1 heterocycles. The van der Waals surface area contributed by atoms with Gasteiger partial charge in [-0.1, -0.05) is 20.8 Å². The molecule has 1 fully saturated rings. The molecule has 0 aromatic carbocycles. The summed E-state index contributed by atoms with van der Waals surface area (Å²) in [6.45, 7) is 9.97. The number of amides is 2. The van der Waals surface area contributed by atoms with E-state index in [1.165, 1.54) is 0 Å². The zero-order chi connectivity index (χ0) is 18.2. The highest BCUT2D eigenvalue weighted by molar-refractivity contribution is 5.81. The van der Waals surface area contributed by atoms with Crippen molar-refractivity contribution in [2.24, 2.45) is 16.1 Å². The predicted molar refractivity (Wildman–Crippen MR) is 93.7 cm³/mol. The lowest BCUT2D eigenvalue weighted by Crippen LogP contribution is -2.48. The molecule has 0 atom stereocenters. The third-order valence-corrected chi connectivity index (χ3v) is 3.73. The summed E-state index contributed by atoms with van der Waals surface area (Å²) in [6, 6.07) is 0.198. The molecule has 4 N–H and O–H groups in total. The minimum Gasteiger partial charge on any atom is -0.450 e. The molecule has 0 spiro atoms. The molecule has 8 heteroatoms. The van der Waals surface area contributed by atoms with Gasteiger partial charge in [-0.2, -0.15) is 0 Å². The van der Waals surface area contributed by atoms with Crippen molar-refractivity contribution in [3.8, 4) is 0 Å². The van der Waals surface area contributed by atoms with E-state index in [0.29, 0.717) is 38.7 Å². The summed E-state index contributed by atoms with van der Waals surface area (Å²) in [5.41, 5.74) is 5.47. The van der Waals surface area contributed by atoms with Gasteiger partial charge in [-0.05, 0) is 19.8 Å². The van der Waals surface area contributed by atoms with Gasteiger partial charge in [-0.25, -0.2) is 4.79 Å². The molecule has 1 aliphatic heterocycles. The molecule has 138 valence electrons. The van der Waals surface area contributed by atoms with Crippen LogP contribution < -0.4 is 16.4 Å². The Kier molecular flexibility index (Phi) is 7.81. The topological polar surface area (TPSA) is 109 Å². The second kappa shape index (κ2) is 9.34. The zero-order valence-corrected chi connectivity index (χ0v) is 15.2. The van der Waals surface area contributed by atoms with Crippen molar-refractivity contribution in [2.75, 3.05) is 32.8 Å². The third-order valence-electron chi connectivity index (χ3n) is 3.73. The molecule has 0 aliphatic carbocycles. The minimum atomic E-state index is -0.402. The van der Waals surface area contributed by atoms with Crippen molar-refractivity contribution >= 4 is 18.0 Å². The van der Waals surface area contributed by atoms with Crippen LogP contribution in [0.1, 0.15) is 40.5 Å². The highest BCUT2D eigenvalue weighted by atomic mass is 16.6. The van der Waals surface area contributed by atoms with Gasteiger partial charge in [-0.3, -0.25) is 9.79 Å². The summed E-state index contributed by atoms with van der Waals surface area (Å²) < 4.78 is 4.99. The number of hydrogen-bond acceptors (Lipinski definition) is 4. The Bertz CT molecular complexity index is 451. The lowest BCUT2D eigenvalue weighted by Gasteiger charge is -2.31. The van der Waals surface area contributed by atoms with Crippen molar-refractivity contribution in [1.82, 2.24) is 15.5 Å². The van der Waals surface area contributed by atoms with E-state index in [2.05, 4.69) is 15.6 Å². The Morgan fingerprint density at radius 2 is 1.92 bits per heavy atom. The van der Waals surface area contributed by atoms with E-state index in [1.54, 1.807) is 11.8 Å². The number of carbonyl (C=O) groups excluding carboxylic acids is 2. The molecule has 0 radical (unpaired) electrons. The fourth-order valence-corrected chi connectivity index (χ4v) is 2.29. The van der Waals surface area contributed by atoms with Gasteiger partial charge in [0.15, 0.2) is 5.96 Å². The smallest absolute Gasteiger partial charge is 0.409 e. The van der Waals surface area contributed by atoms with E-state index in [0.717, 1.165) is 12.8 Å². The largest absolute Gasteiger partial charge is 0.450 e. The quantitative estimate of drug-likeness (QED) is 0.387. The Morgan fingerprint density at radius 3 is 2.46 bits per heavy atom. The minimum absolute atomic E-state index is 0.00410. The molecule has 1 saturated heterocycles. The van der Waals surface area contributed by atoms with Crippen LogP contribution in [0, 0.1) is 5.41 Å². The second-order valence-electron chi connectivity index (χ2n) is 6.88. The number of rotatable bonds is 5. The van der Waals surface area contributed by atoms with Gasteiger partial charge in [0.25, 0.3) is 0 Å². The molecule has 0 saturated carbocycles. The monoisotopic (exact) mass is 341 g/mol. The standard InChI is InChI=1S/C16H31N5O3/c1-5-24-15(23)21-10-6-12(7-11-21)20-14(17)19-9-8-18-13(22)16(2,3)4/h12H,5-11H2,1-4H3,(H,18,22)(H3,17,19,20). The number of guanidine groups is 1. The van der Waals surface area contributed by atoms with Crippen LogP contribution in [0.15, 0.2) is 4.99 Å². The number of nitrogens with two attached hydrogens (primary N) is 1. The maximum Gasteiger partial charge on any atom is 0.409 e. The highest BCUT2D eigenvalue weighted by Crippen LogP contribution is 2.12. The SMILES string of the molecule is CCOC(=O)N1CCC(NC(N)=NCCNC(=O)C(C)(C)C)CC1. The van der Waals surface area contributed by atoms with Crippen molar-refractivity contribution in [2.45, 2.75) is 46.6 Å². The molecule has 1 aliphatic rings. The first kappa shape index (κ1) is 20.1. The molecule has 0 bridgehead atoms. The molecular weight excluding hydrogens is 310 g/mol. The molecule has 0 unspecified atom stereocenters. The molecule has 24 heavy (non-hydrogen) atoms. The van der Waals surface area contributed by atoms with E-state index >= 15 is 0 Å². The van der Waals surface area contributed by atoms with Gasteiger partial charge < -0.3 is 26.0 Å². The van der Waals surface area contributed by atoms with Crippen LogP contribution in [0.2, 0.25) is 0 Å². The van der Waals surface area contributed by atoms with Gasteiger partial charge in [0.2, 0.25) is 5.91 Å². The van der Waals surface area contributed by atoms with Crippen LogP contribution in [0.3, 0.4) is 0 Å². The van der Waals surface area contributed by atoms with Crippen LogP contribution in [0.5, 0.6) is 0 Å². The van der Waals surface area contributed by atoms with Gasteiger partial charge in [0.1, 0.15) is 0 Å². The lowest BCUT2D eigenvalue weighted by atomic mass is 9.96. The summed E-state index contributed by atoms with van der Waals surface area (Å²) in [4.78, 5) is 29.3. The van der Waals surface area contributed by atoms with Gasteiger partial charge in [0, 0.05) is 31.1 Å². The second-order valence-corrected chi connectivity index (χ2v) is 6.88. The van der Waals surface area contributed by atoms with Gasteiger partial charge in [-0.15, -0.1) is 0 Å². The first-order valence-corrected chi connectivity index (χ1v) is 8.50. The summed E-state index contributed by atoms with van der Waals surface area (Å²) >= 11 is 0. The number of hydrogen-bond donors (Lipinski definition) is 3. The highest BCUT2D eigenvalue weighted by Gasteiger charge is 2.23. The first-order chi connectivity index (χ1) is 11.2. The number of nitrogens with one attached hydrogen (secondary N) is 2. The van der Waals surface area contributed by atoms with E-state index in [1.807, 2.05) is 20.8 Å². The summed E-state index contributed by atoms with van der Waals surface area (Å²) in [5.74, 6) is 0.366. The van der Waals surface area contributed by atoms with Crippen molar-refractivity contribution < 1.29 is 14.3 Å². The average molecular weight is 341 g/mol. The first-order valence-electron chi connectivity index (χ1n) is 8.50. The summed E-state index contributed by atoms with van der Waals surface area (Å²) in [7, 11) is 0. The molecular formula is C16H31N5O3. The number of nitrogens with zero attached hydrogens (tertiary/aromatic N) is 2. The maximum absolute atomic E-state index is 11.7. The van der Waals surface area contributed by atoms with Crippen LogP contribution in [0.25, 0.3) is 0 Å². The number of aliphatic imine (C=N–C) groups is 1. The lowest BCUT2D eigenvalue weighted by molar-refractivity contribution is -0.128. The van der Waals surface area contributed by atoms with Gasteiger partial charge in [0.05, 0.1) is 13.2 Å². The number of likely N-dealkylation sites (tertiary alicyclic amines) is 1. The van der Waals surface area contributed by atoms with Crippen molar-refractivity contribution in [3.63, 3.8) is 0 Å². The molecule has 0 aromatic heterocycles. The molecule has 2 amide bonds. The van der Waals surface area contributed by atoms with E-state index in [4.69, 9.17) is 10.5 Å². The maximum atomic E-state index is 11.7. The van der Waals surface area contributed by atoms with Crippen LogP contribution >= 0.6 is 0 Å². The summed E-state index contributed by atoms with van der Waals surface area (Å²) in [6.07, 6.45) is 1.35. The Hall–Kier alpha value is -1.99. The zero-order valence-electron chi connectivity index (χ0n) is 15.2. The Balaban J connectivity index is 2.25. The van der Waals surface area contributed by atoms with E-state index in [9.17, 15) is 9.59 Å². The average Bonchev–Trinajstić information content (AvgIpc) is 2.51. The molecule has 0 aromatic rings. The number of ether oxygens (including phenoxy) is 1. The van der Waals surface area contributed by atoms with E-state index < -0.39 is 5.41 Å². The Morgan fingerprint density at radius 1 is 1.29 bits per heavy atom. The van der Waals surface area contributed by atoms with Crippen molar-refractivity contribution in [3.05, 3.63) is 0 Å². The van der Waals surface area contributed by atoms with Crippen LogP contribution in [0.4, 0.5) is 4.79 Å². The number of piperidine rings is 1. The fourth-order valence-electron chi connectivity index (χ4n) is 2.29. The van der Waals surface area contributed by atoms with Crippen LogP contribution in [-0.2, 0) is 9.53 Å². The normalized spacial score (nSPS) is 16.7. The molecule has 8 nitrogen and oxygen atoms in total. The predicted octanol–water partition coefficient (Wildman–Crippen LogP) is 0.674. The summed E-state index contributed by atoms with van der Waals surface area (Å²) in [5, 5.41) is 5.99. The fraction of sp³-hybridized carbons (Fsp3) is 0.812. The van der Waals surface area contributed by atoms with Crippen molar-refractivity contribution in [1.29, 1.82) is 0 Å².